The lowest BCUT2D eigenvalue weighted by molar-refractivity contribution is 0.951. The Morgan fingerprint density at radius 1 is 1.25 bits per heavy atom. The molecular formula is C13H13N3. The molecule has 1 heterocycles. The van der Waals surface area contributed by atoms with Gasteiger partial charge in [0.1, 0.15) is 0 Å². The normalized spacial score (nSPS) is 11.9. The van der Waals surface area contributed by atoms with Crippen LogP contribution >= 0.6 is 0 Å². The second-order valence-corrected chi connectivity index (χ2v) is 3.42. The molecule has 0 aliphatic carbocycles. The summed E-state index contributed by atoms with van der Waals surface area (Å²) in [6.45, 7) is 0.330. The van der Waals surface area contributed by atoms with Crippen molar-refractivity contribution in [1.82, 2.24) is 4.98 Å². The largest absolute Gasteiger partial charge is 0.320 e. The van der Waals surface area contributed by atoms with Crippen molar-refractivity contribution in [3.8, 4) is 11.8 Å². The second-order valence-electron chi connectivity index (χ2n) is 3.42. The van der Waals surface area contributed by atoms with E-state index >= 15 is 0 Å². The summed E-state index contributed by atoms with van der Waals surface area (Å²) in [6.07, 6.45) is 1.75. The zero-order chi connectivity index (χ0) is 11.4. The third-order valence-corrected chi connectivity index (χ3v) is 2.38. The van der Waals surface area contributed by atoms with Crippen LogP contribution in [-0.4, -0.2) is 11.5 Å². The average molecular weight is 211 g/mol. The van der Waals surface area contributed by atoms with Gasteiger partial charge in [0, 0.05) is 11.6 Å². The minimum absolute atomic E-state index is 0.309. The Balaban J connectivity index is 2.52. The number of rotatable bonds is 1. The second kappa shape index (κ2) is 4.75. The van der Waals surface area contributed by atoms with Crippen LogP contribution in [0.15, 0.2) is 36.5 Å². The van der Waals surface area contributed by atoms with Crippen molar-refractivity contribution in [2.75, 3.05) is 6.54 Å². The van der Waals surface area contributed by atoms with Gasteiger partial charge in [-0.3, -0.25) is 4.98 Å². The zero-order valence-electron chi connectivity index (χ0n) is 8.85. The van der Waals surface area contributed by atoms with Crippen molar-refractivity contribution in [3.63, 3.8) is 0 Å². The number of fused-ring (bicyclic) bond motifs is 1. The van der Waals surface area contributed by atoms with Crippen LogP contribution in [0.2, 0.25) is 0 Å². The molecule has 0 aliphatic rings. The summed E-state index contributed by atoms with van der Waals surface area (Å²) in [6, 6.07) is 9.48. The lowest BCUT2D eigenvalue weighted by atomic mass is 10.0. The van der Waals surface area contributed by atoms with Gasteiger partial charge < -0.3 is 11.5 Å². The Kier molecular flexibility index (Phi) is 3.16. The molecule has 80 valence electrons. The van der Waals surface area contributed by atoms with Crippen LogP contribution in [-0.2, 0) is 0 Å². The quantitative estimate of drug-likeness (QED) is 0.696. The molecule has 0 bridgehead atoms. The highest BCUT2D eigenvalue weighted by Crippen LogP contribution is 2.20. The number of hydrogen-bond donors (Lipinski definition) is 2. The molecule has 1 unspecified atom stereocenters. The summed E-state index contributed by atoms with van der Waals surface area (Å²) in [5.74, 6) is 5.71. The van der Waals surface area contributed by atoms with Gasteiger partial charge in [-0.25, -0.2) is 0 Å². The van der Waals surface area contributed by atoms with Crippen molar-refractivity contribution in [2.45, 2.75) is 6.04 Å². The SMILES string of the molecule is NCC#CC(N)c1ccnc2ccccc12. The standard InChI is InChI=1S/C13H13N3/c14-8-3-5-12(15)10-7-9-16-13-6-2-1-4-11(10)13/h1-2,4,6-7,9,12H,8,14-15H2. The van der Waals surface area contributed by atoms with Crippen LogP contribution < -0.4 is 11.5 Å². The fourth-order valence-electron chi connectivity index (χ4n) is 1.64. The van der Waals surface area contributed by atoms with Crippen LogP contribution in [0.4, 0.5) is 0 Å². The summed E-state index contributed by atoms with van der Waals surface area (Å²) in [7, 11) is 0. The van der Waals surface area contributed by atoms with Crippen LogP contribution in [0, 0.1) is 11.8 Å². The number of hydrogen-bond acceptors (Lipinski definition) is 3. The van der Waals surface area contributed by atoms with E-state index in [2.05, 4.69) is 16.8 Å². The summed E-state index contributed by atoms with van der Waals surface area (Å²) in [5, 5.41) is 1.05. The van der Waals surface area contributed by atoms with Gasteiger partial charge in [0.15, 0.2) is 0 Å². The lowest BCUT2D eigenvalue weighted by Crippen LogP contribution is -2.09. The monoisotopic (exact) mass is 211 g/mol. The maximum atomic E-state index is 5.99. The van der Waals surface area contributed by atoms with Gasteiger partial charge >= 0.3 is 0 Å². The third kappa shape index (κ3) is 2.03. The molecule has 3 heteroatoms. The maximum absolute atomic E-state index is 5.99. The summed E-state index contributed by atoms with van der Waals surface area (Å²) in [4.78, 5) is 4.28. The number of para-hydroxylation sites is 1. The molecular weight excluding hydrogens is 198 g/mol. The van der Waals surface area contributed by atoms with Crippen LogP contribution in [0.1, 0.15) is 11.6 Å². The van der Waals surface area contributed by atoms with Crippen molar-refractivity contribution < 1.29 is 0 Å². The van der Waals surface area contributed by atoms with Crippen LogP contribution in [0.25, 0.3) is 10.9 Å². The van der Waals surface area contributed by atoms with E-state index in [1.165, 1.54) is 0 Å². The lowest BCUT2D eigenvalue weighted by Gasteiger charge is -2.08. The topological polar surface area (TPSA) is 64.9 Å². The highest BCUT2D eigenvalue weighted by atomic mass is 14.7. The van der Waals surface area contributed by atoms with E-state index in [4.69, 9.17) is 11.5 Å². The molecule has 0 spiro atoms. The third-order valence-electron chi connectivity index (χ3n) is 2.38. The molecule has 0 fully saturated rings. The summed E-state index contributed by atoms with van der Waals surface area (Å²) < 4.78 is 0. The highest BCUT2D eigenvalue weighted by molar-refractivity contribution is 5.82. The van der Waals surface area contributed by atoms with Crippen LogP contribution in [0.3, 0.4) is 0 Å². The number of benzene rings is 1. The Bertz CT molecular complexity index is 546. The predicted molar refractivity (Wildman–Crippen MR) is 65.5 cm³/mol. The van der Waals surface area contributed by atoms with Gasteiger partial charge in [0.05, 0.1) is 18.1 Å². The maximum Gasteiger partial charge on any atom is 0.0928 e. The average Bonchev–Trinajstić information content (AvgIpc) is 2.35. The number of aromatic nitrogens is 1. The first kappa shape index (κ1) is 10.6. The van der Waals surface area contributed by atoms with Crippen molar-refractivity contribution in [3.05, 3.63) is 42.1 Å². The van der Waals surface area contributed by atoms with Crippen molar-refractivity contribution in [2.24, 2.45) is 11.5 Å². The van der Waals surface area contributed by atoms with Gasteiger partial charge in [-0.15, -0.1) is 0 Å². The van der Waals surface area contributed by atoms with E-state index in [0.717, 1.165) is 16.5 Å². The molecule has 2 aromatic rings. The Morgan fingerprint density at radius 2 is 2.06 bits per heavy atom. The van der Waals surface area contributed by atoms with Crippen molar-refractivity contribution in [1.29, 1.82) is 0 Å². The highest BCUT2D eigenvalue weighted by Gasteiger charge is 2.06. The van der Waals surface area contributed by atoms with Gasteiger partial charge in [-0.1, -0.05) is 30.0 Å². The molecule has 3 nitrogen and oxygen atoms in total. The fraction of sp³-hybridized carbons (Fsp3) is 0.154. The predicted octanol–water partition coefficient (Wildman–Crippen LogP) is 1.20. The molecule has 1 atom stereocenters. The molecule has 2 rings (SSSR count). The number of pyridine rings is 1. The zero-order valence-corrected chi connectivity index (χ0v) is 8.85. The molecule has 0 aliphatic heterocycles. The van der Waals surface area contributed by atoms with E-state index < -0.39 is 0 Å². The van der Waals surface area contributed by atoms with Gasteiger partial charge in [0.25, 0.3) is 0 Å². The van der Waals surface area contributed by atoms with E-state index in [-0.39, 0.29) is 6.04 Å². The van der Waals surface area contributed by atoms with Crippen molar-refractivity contribution >= 4 is 10.9 Å². The Morgan fingerprint density at radius 3 is 2.88 bits per heavy atom. The van der Waals surface area contributed by atoms with Gasteiger partial charge in [-0.2, -0.15) is 0 Å². The molecule has 0 saturated heterocycles. The molecule has 0 amide bonds. The molecule has 16 heavy (non-hydrogen) atoms. The molecule has 0 saturated carbocycles. The minimum Gasteiger partial charge on any atom is -0.320 e. The Hall–Kier alpha value is -1.89. The summed E-state index contributed by atoms with van der Waals surface area (Å²) in [5.41, 5.74) is 13.2. The fourth-order valence-corrected chi connectivity index (χ4v) is 1.64. The van der Waals surface area contributed by atoms with Gasteiger partial charge in [0.2, 0.25) is 0 Å². The molecule has 4 N–H and O–H groups in total. The number of nitrogens with zero attached hydrogens (tertiary/aromatic N) is 1. The van der Waals surface area contributed by atoms with E-state index in [1.807, 2.05) is 30.3 Å². The molecule has 0 radical (unpaired) electrons. The smallest absolute Gasteiger partial charge is 0.0928 e. The van der Waals surface area contributed by atoms with Gasteiger partial charge in [-0.05, 0) is 17.7 Å². The first-order valence-electron chi connectivity index (χ1n) is 5.10. The van der Waals surface area contributed by atoms with E-state index in [1.54, 1.807) is 6.20 Å². The number of nitrogens with two attached hydrogens (primary N) is 2. The minimum atomic E-state index is -0.309. The first-order chi connectivity index (χ1) is 7.83. The Labute approximate surface area is 94.5 Å². The molecule has 1 aromatic carbocycles. The van der Waals surface area contributed by atoms with E-state index in [9.17, 15) is 0 Å². The summed E-state index contributed by atoms with van der Waals surface area (Å²) >= 11 is 0. The first-order valence-corrected chi connectivity index (χ1v) is 5.10. The van der Waals surface area contributed by atoms with Crippen LogP contribution in [0.5, 0.6) is 0 Å². The van der Waals surface area contributed by atoms with E-state index in [0.29, 0.717) is 6.54 Å². The molecule has 1 aromatic heterocycles.